The molecule has 1 radical (unpaired) electrons. The van der Waals surface area contributed by atoms with Gasteiger partial charge in [0.2, 0.25) is 0 Å². The van der Waals surface area contributed by atoms with Crippen molar-refractivity contribution in [2.24, 2.45) is 0 Å². The van der Waals surface area contributed by atoms with Crippen molar-refractivity contribution in [3.8, 4) is 0 Å². The van der Waals surface area contributed by atoms with Crippen LogP contribution < -0.4 is 0 Å². The lowest BCUT2D eigenvalue weighted by molar-refractivity contribution is 0.268. The molecule has 1 aromatic carbocycles. The van der Waals surface area contributed by atoms with Gasteiger partial charge < -0.3 is 0 Å². The van der Waals surface area contributed by atoms with Gasteiger partial charge in [-0.1, -0.05) is 30.3 Å². The van der Waals surface area contributed by atoms with E-state index >= 15 is 0 Å². The monoisotopic (exact) mass is 186 g/mol. The molecule has 1 aliphatic heterocycles. The highest BCUT2D eigenvalue weighted by Gasteiger charge is 2.20. The van der Waals surface area contributed by atoms with E-state index in [1.165, 1.54) is 11.1 Å². The highest BCUT2D eigenvalue weighted by atomic mass is 15.1. The van der Waals surface area contributed by atoms with Crippen molar-refractivity contribution in [3.05, 3.63) is 55.0 Å². The zero-order valence-corrected chi connectivity index (χ0v) is 8.45. The molecule has 2 rings (SSSR count). The van der Waals surface area contributed by atoms with Gasteiger partial charge in [-0.3, -0.25) is 4.90 Å². The Bertz CT molecular complexity index is 330. The van der Waals surface area contributed by atoms with Gasteiger partial charge in [-0.25, -0.2) is 0 Å². The average Bonchev–Trinajstić information content (AvgIpc) is 2.18. The number of hydrogen-bond donors (Lipinski definition) is 0. The van der Waals surface area contributed by atoms with Gasteiger partial charge in [-0.05, 0) is 24.0 Å². The van der Waals surface area contributed by atoms with Crippen molar-refractivity contribution in [2.75, 3.05) is 13.1 Å². The van der Waals surface area contributed by atoms with Crippen LogP contribution in [-0.2, 0) is 6.54 Å². The molecule has 0 saturated heterocycles. The summed E-state index contributed by atoms with van der Waals surface area (Å²) in [5, 5.41) is 0. The van der Waals surface area contributed by atoms with Crippen molar-refractivity contribution in [1.29, 1.82) is 0 Å². The summed E-state index contributed by atoms with van der Waals surface area (Å²) in [7, 11) is 0. The number of benzene rings is 1. The summed E-state index contributed by atoms with van der Waals surface area (Å²) in [4.78, 5) is 2.38. The van der Waals surface area contributed by atoms with Gasteiger partial charge in [0.05, 0.1) is 0 Å². The van der Waals surface area contributed by atoms with Crippen LogP contribution in [-0.4, -0.2) is 18.0 Å². The fourth-order valence-corrected chi connectivity index (χ4v) is 2.11. The first kappa shape index (κ1) is 9.47. The topological polar surface area (TPSA) is 3.24 Å². The Morgan fingerprint density at radius 1 is 1.43 bits per heavy atom. The molecule has 0 aromatic heterocycles. The molecule has 1 atom stereocenters. The van der Waals surface area contributed by atoms with E-state index in [2.05, 4.69) is 42.7 Å². The van der Waals surface area contributed by atoms with Gasteiger partial charge in [0.1, 0.15) is 0 Å². The first-order valence-corrected chi connectivity index (χ1v) is 5.05. The molecule has 0 amide bonds. The van der Waals surface area contributed by atoms with Crippen LogP contribution in [0.2, 0.25) is 0 Å². The predicted octanol–water partition coefficient (Wildman–Crippen LogP) is 2.61. The maximum atomic E-state index is 4.20. The minimum absolute atomic E-state index is 0.403. The SMILES string of the molecule is [CH2][C@@H]1CN(CC=C)Cc2ccccc21. The molecule has 0 saturated carbocycles. The third kappa shape index (κ3) is 1.73. The number of nitrogens with zero attached hydrogens (tertiary/aromatic N) is 1. The quantitative estimate of drug-likeness (QED) is 0.642. The molecule has 0 fully saturated rings. The van der Waals surface area contributed by atoms with Gasteiger partial charge in [0.15, 0.2) is 0 Å². The second kappa shape index (κ2) is 3.97. The van der Waals surface area contributed by atoms with Crippen molar-refractivity contribution < 1.29 is 0 Å². The number of hydrogen-bond acceptors (Lipinski definition) is 1. The lowest BCUT2D eigenvalue weighted by Gasteiger charge is -2.32. The van der Waals surface area contributed by atoms with Gasteiger partial charge in [-0.15, -0.1) is 6.58 Å². The van der Waals surface area contributed by atoms with Gasteiger partial charge in [-0.2, -0.15) is 0 Å². The molecule has 1 heterocycles. The molecule has 1 nitrogen and oxygen atoms in total. The van der Waals surface area contributed by atoms with Crippen LogP contribution in [0.4, 0.5) is 0 Å². The number of fused-ring (bicyclic) bond motifs is 1. The molecule has 0 unspecified atom stereocenters. The van der Waals surface area contributed by atoms with E-state index in [-0.39, 0.29) is 0 Å². The Balaban J connectivity index is 2.24. The molecule has 1 heteroatoms. The Hall–Kier alpha value is -1.08. The minimum Gasteiger partial charge on any atom is -0.295 e. The standard InChI is InChI=1S/C13H16N/c1-3-8-14-9-11(2)13-7-5-4-6-12(13)10-14/h3-7,11H,1-2,8-10H2/t11-/m1/s1. The zero-order chi connectivity index (χ0) is 9.97. The summed E-state index contributed by atoms with van der Waals surface area (Å²) in [6.45, 7) is 11.0. The highest BCUT2D eigenvalue weighted by Crippen LogP contribution is 2.26. The largest absolute Gasteiger partial charge is 0.295 e. The lowest BCUT2D eigenvalue weighted by atomic mass is 9.91. The van der Waals surface area contributed by atoms with E-state index in [1.54, 1.807) is 0 Å². The average molecular weight is 186 g/mol. The molecule has 1 aliphatic rings. The summed E-state index contributed by atoms with van der Waals surface area (Å²) in [6, 6.07) is 8.59. The van der Waals surface area contributed by atoms with Crippen LogP contribution in [0.5, 0.6) is 0 Å². The van der Waals surface area contributed by atoms with E-state index in [4.69, 9.17) is 0 Å². The van der Waals surface area contributed by atoms with Crippen LogP contribution in [0.15, 0.2) is 36.9 Å². The van der Waals surface area contributed by atoms with Crippen molar-refractivity contribution in [2.45, 2.75) is 12.5 Å². The Morgan fingerprint density at radius 2 is 2.21 bits per heavy atom. The molecule has 0 aliphatic carbocycles. The smallest absolute Gasteiger partial charge is 0.0240 e. The molecule has 14 heavy (non-hydrogen) atoms. The minimum atomic E-state index is 0.403. The summed E-state index contributed by atoms with van der Waals surface area (Å²) in [5.74, 6) is 0.403. The molecule has 1 aromatic rings. The van der Waals surface area contributed by atoms with Gasteiger partial charge in [0.25, 0.3) is 0 Å². The summed E-state index contributed by atoms with van der Waals surface area (Å²) in [6.07, 6.45) is 1.96. The normalized spacial score (nSPS) is 21.6. The molecule has 0 N–H and O–H groups in total. The van der Waals surface area contributed by atoms with E-state index in [1.807, 2.05) is 6.08 Å². The van der Waals surface area contributed by atoms with E-state index in [0.29, 0.717) is 5.92 Å². The maximum Gasteiger partial charge on any atom is 0.0240 e. The Labute approximate surface area is 86.1 Å². The molecule has 73 valence electrons. The van der Waals surface area contributed by atoms with Crippen molar-refractivity contribution >= 4 is 0 Å². The third-order valence-electron chi connectivity index (χ3n) is 2.75. The lowest BCUT2D eigenvalue weighted by Crippen LogP contribution is -2.32. The number of rotatable bonds is 2. The first-order chi connectivity index (χ1) is 6.81. The van der Waals surface area contributed by atoms with E-state index in [9.17, 15) is 0 Å². The van der Waals surface area contributed by atoms with Crippen LogP contribution in [0.25, 0.3) is 0 Å². The fourth-order valence-electron chi connectivity index (χ4n) is 2.11. The molecular formula is C13H16N. The zero-order valence-electron chi connectivity index (χ0n) is 8.45. The summed E-state index contributed by atoms with van der Waals surface area (Å²) >= 11 is 0. The van der Waals surface area contributed by atoms with Crippen LogP contribution in [0.1, 0.15) is 17.0 Å². The van der Waals surface area contributed by atoms with Crippen molar-refractivity contribution in [3.63, 3.8) is 0 Å². The highest BCUT2D eigenvalue weighted by molar-refractivity contribution is 5.33. The third-order valence-corrected chi connectivity index (χ3v) is 2.75. The van der Waals surface area contributed by atoms with E-state index in [0.717, 1.165) is 19.6 Å². The van der Waals surface area contributed by atoms with Crippen LogP contribution in [0, 0.1) is 6.92 Å². The van der Waals surface area contributed by atoms with Gasteiger partial charge in [0, 0.05) is 19.6 Å². The molecular weight excluding hydrogens is 170 g/mol. The van der Waals surface area contributed by atoms with Crippen LogP contribution >= 0.6 is 0 Å². The van der Waals surface area contributed by atoms with E-state index < -0.39 is 0 Å². The predicted molar refractivity (Wildman–Crippen MR) is 60.0 cm³/mol. The Morgan fingerprint density at radius 3 is 3.00 bits per heavy atom. The molecule has 0 bridgehead atoms. The van der Waals surface area contributed by atoms with Crippen LogP contribution in [0.3, 0.4) is 0 Å². The summed E-state index contributed by atoms with van der Waals surface area (Å²) < 4.78 is 0. The second-order valence-electron chi connectivity index (χ2n) is 3.88. The maximum absolute atomic E-state index is 4.20. The summed E-state index contributed by atoms with van der Waals surface area (Å²) in [5.41, 5.74) is 2.83. The Kier molecular flexibility index (Phi) is 2.69. The van der Waals surface area contributed by atoms with Gasteiger partial charge >= 0.3 is 0 Å². The first-order valence-electron chi connectivity index (χ1n) is 5.05. The molecule has 0 spiro atoms. The van der Waals surface area contributed by atoms with Crippen molar-refractivity contribution in [1.82, 2.24) is 4.90 Å². The fraction of sp³-hybridized carbons (Fsp3) is 0.308. The second-order valence-corrected chi connectivity index (χ2v) is 3.88.